The number of hydrogen-bond donors (Lipinski definition) is 1. The molecular weight excluding hydrogens is 262 g/mol. The average Bonchev–Trinajstić information content (AvgIpc) is 2.88. The van der Waals surface area contributed by atoms with Gasteiger partial charge in [0.1, 0.15) is 0 Å². The van der Waals surface area contributed by atoms with Gasteiger partial charge in [0.2, 0.25) is 0 Å². The molecule has 0 aromatic carbocycles. The minimum absolute atomic E-state index is 0.749. The monoisotopic (exact) mass is 279 g/mol. The van der Waals surface area contributed by atoms with Crippen molar-refractivity contribution >= 4 is 27.8 Å². The lowest BCUT2D eigenvalue weighted by atomic mass is 10.4. The summed E-state index contributed by atoms with van der Waals surface area (Å²) < 4.78 is 0. The van der Waals surface area contributed by atoms with Crippen LogP contribution in [0.5, 0.6) is 0 Å². The lowest BCUT2D eigenvalue weighted by Crippen LogP contribution is -2.17. The van der Waals surface area contributed by atoms with E-state index in [9.17, 15) is 0 Å². The number of anilines is 1. The lowest BCUT2D eigenvalue weighted by Gasteiger charge is -2.14. The summed E-state index contributed by atoms with van der Waals surface area (Å²) in [5, 5.41) is 8.89. The summed E-state index contributed by atoms with van der Waals surface area (Å²) in [6.07, 6.45) is 2.66. The molecule has 2 aromatic heterocycles. The van der Waals surface area contributed by atoms with Crippen molar-refractivity contribution in [3.8, 4) is 0 Å². The number of nitrogens with zero attached hydrogens (tertiary/aromatic N) is 2. The molecule has 3 rings (SSSR count). The van der Waals surface area contributed by atoms with Crippen LogP contribution in [0.3, 0.4) is 0 Å². The molecule has 5 heteroatoms. The van der Waals surface area contributed by atoms with Crippen molar-refractivity contribution in [2.24, 2.45) is 0 Å². The number of nitrogens with one attached hydrogen (secondary N) is 1. The first kappa shape index (κ1) is 12.1. The summed E-state index contributed by atoms with van der Waals surface area (Å²) in [5.41, 5.74) is 1.17. The first-order valence-electron chi connectivity index (χ1n) is 6.22. The first-order valence-corrected chi connectivity index (χ1v) is 7.98. The molecule has 1 fully saturated rings. The summed E-state index contributed by atoms with van der Waals surface area (Å²) in [6, 6.07) is 5.02. The Hall–Kier alpha value is -0.910. The number of hydrogen-bond acceptors (Lipinski definition) is 5. The standard InChI is InChI=1S/C13H17N3S2/c1-16(8-12-3-2-6-17-12)13-15-11(9-18-13)7-14-10-4-5-10/h2-3,6,9-10,14H,4-5,7-8H2,1H3. The zero-order valence-corrected chi connectivity index (χ0v) is 12.1. The second kappa shape index (κ2) is 5.38. The summed E-state index contributed by atoms with van der Waals surface area (Å²) in [6.45, 7) is 1.86. The van der Waals surface area contributed by atoms with Gasteiger partial charge in [-0.1, -0.05) is 6.07 Å². The molecular formula is C13H17N3S2. The van der Waals surface area contributed by atoms with Crippen LogP contribution in [-0.2, 0) is 13.1 Å². The highest BCUT2D eigenvalue weighted by Gasteiger charge is 2.20. The van der Waals surface area contributed by atoms with Gasteiger partial charge in [-0.05, 0) is 24.3 Å². The molecule has 2 aromatic rings. The second-order valence-electron chi connectivity index (χ2n) is 4.71. The zero-order valence-electron chi connectivity index (χ0n) is 10.4. The van der Waals surface area contributed by atoms with Crippen LogP contribution in [0, 0.1) is 0 Å². The molecule has 18 heavy (non-hydrogen) atoms. The smallest absolute Gasteiger partial charge is 0.185 e. The van der Waals surface area contributed by atoms with Gasteiger partial charge in [-0.15, -0.1) is 22.7 Å². The predicted octanol–water partition coefficient (Wildman–Crippen LogP) is 3.09. The van der Waals surface area contributed by atoms with Gasteiger partial charge in [-0.25, -0.2) is 4.98 Å². The molecule has 0 aliphatic heterocycles. The molecule has 96 valence electrons. The van der Waals surface area contributed by atoms with E-state index in [0.29, 0.717) is 0 Å². The van der Waals surface area contributed by atoms with Gasteiger partial charge in [-0.2, -0.15) is 0 Å². The maximum absolute atomic E-state index is 4.68. The summed E-state index contributed by atoms with van der Waals surface area (Å²) in [7, 11) is 2.11. The van der Waals surface area contributed by atoms with Crippen LogP contribution in [0.2, 0.25) is 0 Å². The Bertz CT molecular complexity index is 488. The Labute approximate surface area is 115 Å². The van der Waals surface area contributed by atoms with Crippen LogP contribution in [-0.4, -0.2) is 18.1 Å². The molecule has 1 aliphatic carbocycles. The topological polar surface area (TPSA) is 28.2 Å². The van der Waals surface area contributed by atoms with Gasteiger partial charge in [0, 0.05) is 29.9 Å². The van der Waals surface area contributed by atoms with Gasteiger partial charge in [0.25, 0.3) is 0 Å². The van der Waals surface area contributed by atoms with Crippen molar-refractivity contribution in [3.05, 3.63) is 33.5 Å². The van der Waals surface area contributed by atoms with Crippen molar-refractivity contribution in [1.82, 2.24) is 10.3 Å². The highest BCUT2D eigenvalue weighted by atomic mass is 32.1. The van der Waals surface area contributed by atoms with E-state index >= 15 is 0 Å². The molecule has 3 nitrogen and oxygen atoms in total. The van der Waals surface area contributed by atoms with Crippen molar-refractivity contribution < 1.29 is 0 Å². The molecule has 2 heterocycles. The van der Waals surface area contributed by atoms with E-state index in [-0.39, 0.29) is 0 Å². The van der Waals surface area contributed by atoms with Gasteiger partial charge >= 0.3 is 0 Å². The number of aromatic nitrogens is 1. The maximum Gasteiger partial charge on any atom is 0.185 e. The summed E-state index contributed by atoms with van der Waals surface area (Å²) >= 11 is 3.53. The van der Waals surface area contributed by atoms with Gasteiger partial charge in [0.15, 0.2) is 5.13 Å². The van der Waals surface area contributed by atoms with E-state index in [1.165, 1.54) is 23.4 Å². The van der Waals surface area contributed by atoms with Crippen LogP contribution in [0.15, 0.2) is 22.9 Å². The molecule has 0 spiro atoms. The Morgan fingerprint density at radius 3 is 3.06 bits per heavy atom. The lowest BCUT2D eigenvalue weighted by molar-refractivity contribution is 0.676. The van der Waals surface area contributed by atoms with E-state index in [1.807, 2.05) is 0 Å². The molecule has 0 unspecified atom stereocenters. The summed E-state index contributed by atoms with van der Waals surface area (Å²) in [5.74, 6) is 0. The third-order valence-corrected chi connectivity index (χ3v) is 4.85. The normalized spacial score (nSPS) is 14.9. The van der Waals surface area contributed by atoms with Crippen molar-refractivity contribution in [2.45, 2.75) is 32.0 Å². The van der Waals surface area contributed by atoms with Crippen LogP contribution < -0.4 is 10.2 Å². The van der Waals surface area contributed by atoms with Crippen molar-refractivity contribution in [2.75, 3.05) is 11.9 Å². The van der Waals surface area contributed by atoms with E-state index < -0.39 is 0 Å². The Morgan fingerprint density at radius 1 is 1.44 bits per heavy atom. The third kappa shape index (κ3) is 3.10. The van der Waals surface area contributed by atoms with E-state index in [1.54, 1.807) is 22.7 Å². The van der Waals surface area contributed by atoms with Crippen molar-refractivity contribution in [1.29, 1.82) is 0 Å². The minimum Gasteiger partial charge on any atom is -0.346 e. The first-order chi connectivity index (χ1) is 8.81. The third-order valence-electron chi connectivity index (χ3n) is 2.99. The SMILES string of the molecule is CN(Cc1cccs1)c1nc(CNC2CC2)cs1. The fraction of sp³-hybridized carbons (Fsp3) is 0.462. The fourth-order valence-electron chi connectivity index (χ4n) is 1.79. The van der Waals surface area contributed by atoms with Gasteiger partial charge < -0.3 is 10.2 Å². The van der Waals surface area contributed by atoms with Crippen LogP contribution in [0.25, 0.3) is 0 Å². The molecule has 0 saturated heterocycles. The molecule has 1 aliphatic rings. The highest BCUT2D eigenvalue weighted by Crippen LogP contribution is 2.23. The average molecular weight is 279 g/mol. The van der Waals surface area contributed by atoms with E-state index in [0.717, 1.165) is 24.3 Å². The van der Waals surface area contributed by atoms with Crippen LogP contribution in [0.4, 0.5) is 5.13 Å². The quantitative estimate of drug-likeness (QED) is 0.880. The molecule has 0 amide bonds. The van der Waals surface area contributed by atoms with Gasteiger partial charge in [0.05, 0.1) is 12.2 Å². The maximum atomic E-state index is 4.68. The summed E-state index contributed by atoms with van der Waals surface area (Å²) in [4.78, 5) is 8.28. The predicted molar refractivity (Wildman–Crippen MR) is 78.4 cm³/mol. The molecule has 1 saturated carbocycles. The fourth-order valence-corrected chi connectivity index (χ4v) is 3.34. The largest absolute Gasteiger partial charge is 0.346 e. The number of rotatable bonds is 6. The molecule has 0 bridgehead atoms. The highest BCUT2D eigenvalue weighted by molar-refractivity contribution is 7.13. The number of thiophene rings is 1. The zero-order chi connectivity index (χ0) is 12.4. The Kier molecular flexibility index (Phi) is 3.63. The molecule has 1 N–H and O–H groups in total. The Morgan fingerprint density at radius 2 is 2.33 bits per heavy atom. The minimum atomic E-state index is 0.749. The molecule has 0 radical (unpaired) electrons. The van der Waals surface area contributed by atoms with Crippen LogP contribution >= 0.6 is 22.7 Å². The van der Waals surface area contributed by atoms with E-state index in [4.69, 9.17) is 0 Å². The van der Waals surface area contributed by atoms with Crippen molar-refractivity contribution in [3.63, 3.8) is 0 Å². The second-order valence-corrected chi connectivity index (χ2v) is 6.58. The van der Waals surface area contributed by atoms with Crippen LogP contribution in [0.1, 0.15) is 23.4 Å². The number of thiazole rings is 1. The van der Waals surface area contributed by atoms with Gasteiger partial charge in [-0.3, -0.25) is 0 Å². The Balaban J connectivity index is 1.57. The molecule has 0 atom stereocenters. The van der Waals surface area contributed by atoms with E-state index in [2.05, 4.69) is 45.1 Å².